The Morgan fingerprint density at radius 1 is 1.12 bits per heavy atom. The number of para-hydroxylation sites is 1. The van der Waals surface area contributed by atoms with Crippen LogP contribution in [0.15, 0.2) is 53.1 Å². The summed E-state index contributed by atoms with van der Waals surface area (Å²) in [5.41, 5.74) is 6.30. The number of rotatable bonds is 1. The molecule has 4 heteroatoms. The summed E-state index contributed by atoms with van der Waals surface area (Å²) in [7, 11) is 0. The molecule has 4 nitrogen and oxygen atoms in total. The topological polar surface area (TPSA) is 33.6 Å². The molecular weight excluding hydrogens is 310 g/mol. The lowest BCUT2D eigenvalue weighted by atomic mass is 9.95. The van der Waals surface area contributed by atoms with Crippen LogP contribution in [0.25, 0.3) is 16.0 Å². The van der Waals surface area contributed by atoms with Crippen LogP contribution in [0.4, 0.5) is 17.1 Å². The van der Waals surface area contributed by atoms with Crippen molar-refractivity contribution in [3.63, 3.8) is 0 Å². The molecule has 0 N–H and O–H groups in total. The van der Waals surface area contributed by atoms with Gasteiger partial charge in [0.05, 0.1) is 17.8 Å². The quantitative estimate of drug-likeness (QED) is 0.562. The van der Waals surface area contributed by atoms with Crippen molar-refractivity contribution in [2.45, 2.75) is 25.2 Å². The van der Waals surface area contributed by atoms with Gasteiger partial charge in [0.15, 0.2) is 11.4 Å². The van der Waals surface area contributed by atoms with E-state index in [1.54, 1.807) is 0 Å². The van der Waals surface area contributed by atoms with Gasteiger partial charge >= 0.3 is 0 Å². The summed E-state index contributed by atoms with van der Waals surface area (Å²) < 4.78 is 5.81. The van der Waals surface area contributed by atoms with Crippen LogP contribution in [0.1, 0.15) is 24.3 Å². The van der Waals surface area contributed by atoms with Gasteiger partial charge in [0.25, 0.3) is 0 Å². The molecule has 1 spiro atoms. The molecule has 2 heterocycles. The number of hydrogen-bond donors (Lipinski definition) is 0. The number of hydrogen-bond acceptors (Lipinski definition) is 3. The molecule has 5 rings (SSSR count). The van der Waals surface area contributed by atoms with Crippen LogP contribution in [0, 0.1) is 13.5 Å². The molecule has 0 atom stereocenters. The average molecular weight is 327 g/mol. The molecule has 1 aromatic heterocycles. The van der Waals surface area contributed by atoms with E-state index in [2.05, 4.69) is 39.2 Å². The van der Waals surface area contributed by atoms with Gasteiger partial charge in [-0.25, -0.2) is 4.85 Å². The number of anilines is 2. The van der Waals surface area contributed by atoms with Crippen LogP contribution in [0.3, 0.4) is 0 Å². The molecule has 1 aliphatic carbocycles. The van der Waals surface area contributed by atoms with Crippen LogP contribution >= 0.6 is 0 Å². The Morgan fingerprint density at radius 2 is 1.88 bits per heavy atom. The highest BCUT2D eigenvalue weighted by atomic mass is 16.5. The lowest BCUT2D eigenvalue weighted by molar-refractivity contribution is 0.352. The van der Waals surface area contributed by atoms with Crippen molar-refractivity contribution in [1.82, 2.24) is 5.16 Å². The molecule has 2 aliphatic rings. The van der Waals surface area contributed by atoms with E-state index in [4.69, 9.17) is 11.1 Å². The normalized spacial score (nSPS) is 16.7. The molecule has 0 bridgehead atoms. The Kier molecular flexibility index (Phi) is 2.84. The average Bonchev–Trinajstić information content (AvgIpc) is 3.36. The van der Waals surface area contributed by atoms with Gasteiger partial charge in [0, 0.05) is 28.9 Å². The highest BCUT2D eigenvalue weighted by molar-refractivity contribution is 5.87. The monoisotopic (exact) mass is 327 g/mol. The minimum atomic E-state index is 0.0497. The summed E-state index contributed by atoms with van der Waals surface area (Å²) >= 11 is 0. The van der Waals surface area contributed by atoms with Crippen molar-refractivity contribution in [3.8, 4) is 11.1 Å². The largest absolute Gasteiger partial charge is 0.360 e. The fraction of sp³-hybridized carbons (Fsp3) is 0.238. The summed E-state index contributed by atoms with van der Waals surface area (Å²) in [5, 5.41) is 4.27. The molecular formula is C21H17N3O. The third-order valence-electron chi connectivity index (χ3n) is 5.41. The predicted octanol–water partition coefficient (Wildman–Crippen LogP) is 5.38. The van der Waals surface area contributed by atoms with Crippen molar-refractivity contribution in [3.05, 3.63) is 71.4 Å². The third kappa shape index (κ3) is 2.02. The van der Waals surface area contributed by atoms with Crippen LogP contribution in [-0.2, 0) is 5.41 Å². The minimum absolute atomic E-state index is 0.0497. The number of aryl methyl sites for hydroxylation is 1. The molecule has 0 saturated heterocycles. The first-order valence-electron chi connectivity index (χ1n) is 8.53. The highest BCUT2D eigenvalue weighted by Gasteiger charge is 2.52. The molecule has 122 valence electrons. The molecule has 0 radical (unpaired) electrons. The van der Waals surface area contributed by atoms with Crippen LogP contribution in [0.2, 0.25) is 0 Å². The number of nitrogens with zero attached hydrogens (tertiary/aromatic N) is 3. The van der Waals surface area contributed by atoms with Crippen molar-refractivity contribution in [2.75, 3.05) is 11.4 Å². The fourth-order valence-corrected chi connectivity index (χ4v) is 3.90. The first kappa shape index (κ1) is 14.3. The van der Waals surface area contributed by atoms with Crippen molar-refractivity contribution in [2.24, 2.45) is 0 Å². The molecule has 0 unspecified atom stereocenters. The smallest absolute Gasteiger partial charge is 0.187 e. The second-order valence-electron chi connectivity index (χ2n) is 6.98. The molecule has 25 heavy (non-hydrogen) atoms. The number of aromatic nitrogens is 1. The molecule has 2 aromatic carbocycles. The Hall–Kier alpha value is -3.06. The summed E-state index contributed by atoms with van der Waals surface area (Å²) in [6.45, 7) is 10.1. The van der Waals surface area contributed by atoms with E-state index in [1.165, 1.54) is 11.3 Å². The maximum Gasteiger partial charge on any atom is 0.187 e. The minimum Gasteiger partial charge on any atom is -0.360 e. The van der Waals surface area contributed by atoms with Crippen molar-refractivity contribution >= 4 is 17.1 Å². The molecule has 1 fully saturated rings. The van der Waals surface area contributed by atoms with Crippen LogP contribution in [0.5, 0.6) is 0 Å². The lowest BCUT2D eigenvalue weighted by Crippen LogP contribution is -2.27. The standard InChI is InChI=1S/C21H17N3O/c1-14-19-17-5-3-4-6-18(17)24(16-9-7-15(22-2)8-10-16)13-21(11-12-21)20(19)25-23-14/h3-10H,11-13H2,1H3. The van der Waals surface area contributed by atoms with Gasteiger partial charge in [-0.3, -0.25) is 0 Å². The Morgan fingerprint density at radius 3 is 2.60 bits per heavy atom. The SMILES string of the molecule is [C-]#[N+]c1ccc(N2CC3(CC3)c3onc(C)c3-c3ccccc32)cc1. The van der Waals surface area contributed by atoms with E-state index in [9.17, 15) is 0 Å². The van der Waals surface area contributed by atoms with Crippen LogP contribution < -0.4 is 4.90 Å². The van der Waals surface area contributed by atoms with Gasteiger partial charge in [-0.05, 0) is 38.0 Å². The van der Waals surface area contributed by atoms with E-state index >= 15 is 0 Å². The van der Waals surface area contributed by atoms with Gasteiger partial charge in [-0.15, -0.1) is 0 Å². The summed E-state index contributed by atoms with van der Waals surface area (Å²) in [6, 6.07) is 16.3. The van der Waals surface area contributed by atoms with Gasteiger partial charge in [0.1, 0.15) is 0 Å². The zero-order chi connectivity index (χ0) is 17.0. The molecule has 1 aliphatic heterocycles. The first-order chi connectivity index (χ1) is 12.2. The molecule has 1 saturated carbocycles. The maximum absolute atomic E-state index is 7.17. The zero-order valence-corrected chi connectivity index (χ0v) is 14.0. The van der Waals surface area contributed by atoms with E-state index in [0.29, 0.717) is 5.69 Å². The lowest BCUT2D eigenvalue weighted by Gasteiger charge is -2.28. The van der Waals surface area contributed by atoms with Crippen molar-refractivity contribution < 1.29 is 4.52 Å². The van der Waals surface area contributed by atoms with Gasteiger partial charge < -0.3 is 9.42 Å². The predicted molar refractivity (Wildman–Crippen MR) is 97.3 cm³/mol. The van der Waals surface area contributed by atoms with Gasteiger partial charge in [-0.2, -0.15) is 0 Å². The third-order valence-corrected chi connectivity index (χ3v) is 5.41. The van der Waals surface area contributed by atoms with Gasteiger partial charge in [-0.1, -0.05) is 35.5 Å². The first-order valence-corrected chi connectivity index (χ1v) is 8.53. The second kappa shape index (κ2) is 4.97. The molecule has 0 amide bonds. The van der Waals surface area contributed by atoms with Crippen LogP contribution in [-0.4, -0.2) is 11.7 Å². The fourth-order valence-electron chi connectivity index (χ4n) is 3.90. The van der Waals surface area contributed by atoms with E-state index in [0.717, 1.165) is 42.1 Å². The van der Waals surface area contributed by atoms with E-state index in [1.807, 2.05) is 31.2 Å². The zero-order valence-electron chi connectivity index (χ0n) is 14.0. The Bertz CT molecular complexity index is 1010. The second-order valence-corrected chi connectivity index (χ2v) is 6.98. The Balaban J connectivity index is 1.73. The van der Waals surface area contributed by atoms with E-state index < -0.39 is 0 Å². The van der Waals surface area contributed by atoms with Gasteiger partial charge in [0.2, 0.25) is 0 Å². The summed E-state index contributed by atoms with van der Waals surface area (Å²) in [5.74, 6) is 1.04. The summed E-state index contributed by atoms with van der Waals surface area (Å²) in [6.07, 6.45) is 2.25. The number of fused-ring (bicyclic) bond motifs is 4. The Labute approximate surface area is 146 Å². The van der Waals surface area contributed by atoms with Crippen molar-refractivity contribution in [1.29, 1.82) is 0 Å². The summed E-state index contributed by atoms with van der Waals surface area (Å²) in [4.78, 5) is 5.87. The van der Waals surface area contributed by atoms with E-state index in [-0.39, 0.29) is 5.41 Å². The maximum atomic E-state index is 7.17. The highest BCUT2D eigenvalue weighted by Crippen LogP contribution is 2.57. The molecule has 3 aromatic rings. The number of benzene rings is 2.